The molecule has 118 valence electrons. The first kappa shape index (κ1) is 17.3. The van der Waals surface area contributed by atoms with Gasteiger partial charge in [-0.1, -0.05) is 12.1 Å². The van der Waals surface area contributed by atoms with Gasteiger partial charge in [-0.3, -0.25) is 0 Å². The van der Waals surface area contributed by atoms with Crippen LogP contribution in [0.3, 0.4) is 0 Å². The molecule has 3 N–H and O–H groups in total. The molecule has 0 radical (unpaired) electrons. The number of carbonyl (C=O) groups is 1. The highest BCUT2D eigenvalue weighted by Gasteiger charge is 2.15. The maximum absolute atomic E-state index is 11.4. The van der Waals surface area contributed by atoms with Gasteiger partial charge >= 0.3 is 6.09 Å². The van der Waals surface area contributed by atoms with Crippen LogP contribution in [0, 0.1) is 0 Å². The van der Waals surface area contributed by atoms with Crippen LogP contribution in [-0.4, -0.2) is 36.5 Å². The predicted octanol–water partition coefficient (Wildman–Crippen LogP) is 2.55. The largest absolute Gasteiger partial charge is 0.444 e. The Kier molecular flexibility index (Phi) is 7.02. The van der Waals surface area contributed by atoms with Crippen molar-refractivity contribution >= 4 is 11.8 Å². The number of carbonyl (C=O) groups excluding carboxylic acids is 1. The molecule has 1 aromatic rings. The summed E-state index contributed by atoms with van der Waals surface area (Å²) in [4.78, 5) is 11.4. The first-order valence-electron chi connectivity index (χ1n) is 7.31. The molecule has 0 spiro atoms. The Bertz CT molecular complexity index is 424. The van der Waals surface area contributed by atoms with Gasteiger partial charge in [0.2, 0.25) is 0 Å². The molecule has 0 aliphatic rings. The standard InChI is InChI=1S/C16H26N2O3/c1-16(2,3)21-15(20)18-11-4-10-17-14-7-5-13(6-8-14)9-12-19/h5-8,17,19H,4,9-12H2,1-3H3,(H,18,20). The topological polar surface area (TPSA) is 70.6 Å². The maximum Gasteiger partial charge on any atom is 0.407 e. The lowest BCUT2D eigenvalue weighted by Gasteiger charge is -2.19. The Hall–Kier alpha value is -1.75. The van der Waals surface area contributed by atoms with E-state index < -0.39 is 5.60 Å². The minimum atomic E-state index is -0.460. The van der Waals surface area contributed by atoms with Crippen molar-refractivity contribution < 1.29 is 14.6 Å². The van der Waals surface area contributed by atoms with Gasteiger partial charge in [-0.15, -0.1) is 0 Å². The van der Waals surface area contributed by atoms with Gasteiger partial charge in [-0.25, -0.2) is 4.79 Å². The van der Waals surface area contributed by atoms with Crippen LogP contribution < -0.4 is 10.6 Å². The number of rotatable bonds is 7. The average molecular weight is 294 g/mol. The number of nitrogens with one attached hydrogen (secondary N) is 2. The SMILES string of the molecule is CC(C)(C)OC(=O)NCCCNc1ccc(CCO)cc1. The molecule has 0 fully saturated rings. The van der Waals surface area contributed by atoms with Crippen LogP contribution in [0.5, 0.6) is 0 Å². The summed E-state index contributed by atoms with van der Waals surface area (Å²) in [5.74, 6) is 0. The van der Waals surface area contributed by atoms with E-state index in [0.717, 1.165) is 24.2 Å². The van der Waals surface area contributed by atoms with Gasteiger partial charge in [0.05, 0.1) is 0 Å². The quantitative estimate of drug-likeness (QED) is 0.676. The fourth-order valence-corrected chi connectivity index (χ4v) is 1.74. The summed E-state index contributed by atoms with van der Waals surface area (Å²) in [6, 6.07) is 7.98. The molecule has 5 nitrogen and oxygen atoms in total. The van der Waals surface area contributed by atoms with Gasteiger partial charge in [0.1, 0.15) is 5.60 Å². The molecule has 21 heavy (non-hydrogen) atoms. The summed E-state index contributed by atoms with van der Waals surface area (Å²) in [6.07, 6.45) is 1.12. The van der Waals surface area contributed by atoms with Crippen LogP contribution >= 0.6 is 0 Å². The molecule has 1 amide bonds. The highest BCUT2D eigenvalue weighted by atomic mass is 16.6. The molecule has 0 saturated carbocycles. The minimum absolute atomic E-state index is 0.170. The second-order valence-corrected chi connectivity index (χ2v) is 5.88. The van der Waals surface area contributed by atoms with Crippen LogP contribution in [0.4, 0.5) is 10.5 Å². The minimum Gasteiger partial charge on any atom is -0.444 e. The molecule has 1 aromatic carbocycles. The van der Waals surface area contributed by atoms with Crippen molar-refractivity contribution in [2.45, 2.75) is 39.2 Å². The molecular formula is C16H26N2O3. The van der Waals surface area contributed by atoms with Crippen molar-refractivity contribution in [3.63, 3.8) is 0 Å². The molecule has 0 heterocycles. The van der Waals surface area contributed by atoms with E-state index in [4.69, 9.17) is 9.84 Å². The van der Waals surface area contributed by atoms with Crippen molar-refractivity contribution in [3.8, 4) is 0 Å². The van der Waals surface area contributed by atoms with Crippen molar-refractivity contribution in [2.24, 2.45) is 0 Å². The van der Waals surface area contributed by atoms with E-state index in [-0.39, 0.29) is 12.7 Å². The molecule has 0 atom stereocenters. The number of aliphatic hydroxyl groups excluding tert-OH is 1. The highest BCUT2D eigenvalue weighted by molar-refractivity contribution is 5.67. The summed E-state index contributed by atoms with van der Waals surface area (Å²) in [5.41, 5.74) is 1.70. The lowest BCUT2D eigenvalue weighted by molar-refractivity contribution is 0.0528. The Morgan fingerprint density at radius 2 is 1.86 bits per heavy atom. The zero-order valence-electron chi connectivity index (χ0n) is 13.1. The van der Waals surface area contributed by atoms with Crippen LogP contribution in [0.1, 0.15) is 32.8 Å². The summed E-state index contributed by atoms with van der Waals surface area (Å²) in [6.45, 7) is 7.04. The van der Waals surface area contributed by atoms with Gasteiger partial charge in [0.25, 0.3) is 0 Å². The van der Waals surface area contributed by atoms with Crippen LogP contribution in [0.25, 0.3) is 0 Å². The molecular weight excluding hydrogens is 268 g/mol. The molecule has 5 heteroatoms. The zero-order chi connectivity index (χ0) is 15.7. The van der Waals surface area contributed by atoms with Gasteiger partial charge in [-0.2, -0.15) is 0 Å². The summed E-state index contributed by atoms with van der Waals surface area (Å²) >= 11 is 0. The fourth-order valence-electron chi connectivity index (χ4n) is 1.74. The molecule has 0 aliphatic carbocycles. The van der Waals surface area contributed by atoms with Gasteiger partial charge in [0.15, 0.2) is 0 Å². The smallest absolute Gasteiger partial charge is 0.407 e. The molecule has 1 rings (SSSR count). The van der Waals surface area contributed by atoms with Crippen molar-refractivity contribution in [2.75, 3.05) is 25.0 Å². The number of amides is 1. The highest BCUT2D eigenvalue weighted by Crippen LogP contribution is 2.10. The normalized spacial score (nSPS) is 11.0. The predicted molar refractivity (Wildman–Crippen MR) is 84.6 cm³/mol. The number of hydrogen-bond donors (Lipinski definition) is 3. The number of benzene rings is 1. The van der Waals surface area contributed by atoms with Crippen molar-refractivity contribution in [1.29, 1.82) is 0 Å². The van der Waals surface area contributed by atoms with Gasteiger partial charge < -0.3 is 20.5 Å². The fraction of sp³-hybridized carbons (Fsp3) is 0.562. The zero-order valence-corrected chi connectivity index (χ0v) is 13.1. The third-order valence-electron chi connectivity index (χ3n) is 2.71. The summed E-state index contributed by atoms with van der Waals surface area (Å²) in [5, 5.41) is 14.8. The first-order chi connectivity index (χ1) is 9.90. The van der Waals surface area contributed by atoms with E-state index in [2.05, 4.69) is 10.6 Å². The van der Waals surface area contributed by atoms with Crippen LogP contribution in [-0.2, 0) is 11.2 Å². The Balaban J connectivity index is 2.15. The molecule has 0 bridgehead atoms. The van der Waals surface area contributed by atoms with E-state index in [1.807, 2.05) is 45.0 Å². The number of alkyl carbamates (subject to hydrolysis) is 1. The Morgan fingerprint density at radius 1 is 1.19 bits per heavy atom. The summed E-state index contributed by atoms with van der Waals surface area (Å²) in [7, 11) is 0. The number of hydrogen-bond acceptors (Lipinski definition) is 4. The monoisotopic (exact) mass is 294 g/mol. The third-order valence-corrected chi connectivity index (χ3v) is 2.71. The molecule has 0 aliphatic heterocycles. The third kappa shape index (κ3) is 8.19. The first-order valence-corrected chi connectivity index (χ1v) is 7.31. The molecule has 0 aromatic heterocycles. The van der Waals surface area contributed by atoms with Crippen LogP contribution in [0.2, 0.25) is 0 Å². The molecule has 0 saturated heterocycles. The number of aliphatic hydroxyl groups is 1. The van der Waals surface area contributed by atoms with E-state index >= 15 is 0 Å². The Labute approximate surface area is 126 Å². The lowest BCUT2D eigenvalue weighted by atomic mass is 10.1. The second-order valence-electron chi connectivity index (χ2n) is 5.88. The van der Waals surface area contributed by atoms with E-state index in [0.29, 0.717) is 13.0 Å². The van der Waals surface area contributed by atoms with Crippen molar-refractivity contribution in [1.82, 2.24) is 5.32 Å². The van der Waals surface area contributed by atoms with E-state index in [1.54, 1.807) is 0 Å². The maximum atomic E-state index is 11.4. The second kappa shape index (κ2) is 8.52. The van der Waals surface area contributed by atoms with Crippen LogP contribution in [0.15, 0.2) is 24.3 Å². The van der Waals surface area contributed by atoms with E-state index in [9.17, 15) is 4.79 Å². The Morgan fingerprint density at radius 3 is 2.43 bits per heavy atom. The summed E-state index contributed by atoms with van der Waals surface area (Å²) < 4.78 is 5.15. The average Bonchev–Trinajstić information content (AvgIpc) is 2.38. The van der Waals surface area contributed by atoms with Crippen molar-refractivity contribution in [3.05, 3.63) is 29.8 Å². The van der Waals surface area contributed by atoms with E-state index in [1.165, 1.54) is 0 Å². The molecule has 0 unspecified atom stereocenters. The lowest BCUT2D eigenvalue weighted by Crippen LogP contribution is -2.33. The van der Waals surface area contributed by atoms with Gasteiger partial charge in [-0.05, 0) is 51.3 Å². The number of ether oxygens (including phenoxy) is 1. The van der Waals surface area contributed by atoms with Gasteiger partial charge in [0, 0.05) is 25.4 Å². The number of anilines is 1.